The maximum absolute atomic E-state index is 13.3. The zero-order valence-corrected chi connectivity index (χ0v) is 11.4. The lowest BCUT2D eigenvalue weighted by atomic mass is 10.2. The first-order valence-corrected chi connectivity index (χ1v) is 6.92. The lowest BCUT2D eigenvalue weighted by Gasteiger charge is -2.10. The van der Waals surface area contributed by atoms with Gasteiger partial charge in [0.1, 0.15) is 11.9 Å². The molecule has 1 amide bonds. The Hall–Kier alpha value is -1.07. The van der Waals surface area contributed by atoms with E-state index in [0.29, 0.717) is 17.9 Å². The molecule has 0 aliphatic heterocycles. The molecule has 0 spiro atoms. The van der Waals surface area contributed by atoms with Gasteiger partial charge in [-0.25, -0.2) is 4.39 Å². The minimum atomic E-state index is -0.429. The first-order chi connectivity index (χ1) is 8.65. The third-order valence-corrected chi connectivity index (χ3v) is 3.49. The summed E-state index contributed by atoms with van der Waals surface area (Å²) in [5.74, 6) is 1.06. The maximum Gasteiger partial charge on any atom is 0.248 e. The van der Waals surface area contributed by atoms with Crippen molar-refractivity contribution in [2.45, 2.75) is 18.8 Å². The Kier molecular flexibility index (Phi) is 6.75. The molecule has 1 atom stereocenters. The van der Waals surface area contributed by atoms with Crippen molar-refractivity contribution in [1.82, 2.24) is 5.32 Å². The van der Waals surface area contributed by atoms with E-state index in [1.807, 2.05) is 6.07 Å². The fourth-order valence-electron chi connectivity index (χ4n) is 1.29. The first-order valence-electron chi connectivity index (χ1n) is 5.76. The van der Waals surface area contributed by atoms with Crippen LogP contribution >= 0.6 is 11.8 Å². The predicted octanol–water partition coefficient (Wildman–Crippen LogP) is 2.21. The molecule has 100 valence electrons. The number of ether oxygens (including phenoxy) is 1. The van der Waals surface area contributed by atoms with Crippen molar-refractivity contribution in [3.63, 3.8) is 0 Å². The molecule has 18 heavy (non-hydrogen) atoms. The van der Waals surface area contributed by atoms with Crippen molar-refractivity contribution in [2.75, 3.05) is 19.4 Å². The van der Waals surface area contributed by atoms with Gasteiger partial charge in [-0.1, -0.05) is 18.2 Å². The van der Waals surface area contributed by atoms with Gasteiger partial charge in [-0.2, -0.15) is 11.8 Å². The van der Waals surface area contributed by atoms with Gasteiger partial charge in [0.25, 0.3) is 0 Å². The third-order valence-electron chi connectivity index (χ3n) is 2.48. The number of methoxy groups -OCH3 is 1. The molecule has 5 heteroatoms. The zero-order valence-electron chi connectivity index (χ0n) is 10.6. The number of carbonyl (C=O) groups is 1. The largest absolute Gasteiger partial charge is 0.372 e. The Morgan fingerprint density at radius 2 is 2.22 bits per heavy atom. The topological polar surface area (TPSA) is 38.3 Å². The molecule has 0 saturated heterocycles. The van der Waals surface area contributed by atoms with E-state index in [1.165, 1.54) is 13.2 Å². The van der Waals surface area contributed by atoms with Crippen molar-refractivity contribution in [3.8, 4) is 0 Å². The molecule has 1 aromatic carbocycles. The summed E-state index contributed by atoms with van der Waals surface area (Å²) in [5, 5.41) is 2.76. The second-order valence-electron chi connectivity index (χ2n) is 3.81. The quantitative estimate of drug-likeness (QED) is 0.773. The average molecular weight is 271 g/mol. The molecule has 0 heterocycles. The molecule has 0 bridgehead atoms. The lowest BCUT2D eigenvalue weighted by Crippen LogP contribution is -2.35. The van der Waals surface area contributed by atoms with Gasteiger partial charge in [0, 0.05) is 25.2 Å². The number of benzene rings is 1. The fraction of sp³-hybridized carbons (Fsp3) is 0.462. The molecular weight excluding hydrogens is 253 g/mol. The minimum Gasteiger partial charge on any atom is -0.372 e. The van der Waals surface area contributed by atoms with Crippen molar-refractivity contribution >= 4 is 17.7 Å². The number of carbonyl (C=O) groups excluding carboxylic acids is 1. The van der Waals surface area contributed by atoms with Gasteiger partial charge in [0.05, 0.1) is 0 Å². The van der Waals surface area contributed by atoms with E-state index in [-0.39, 0.29) is 11.7 Å². The van der Waals surface area contributed by atoms with Crippen LogP contribution in [-0.4, -0.2) is 31.4 Å². The Morgan fingerprint density at radius 3 is 2.89 bits per heavy atom. The van der Waals surface area contributed by atoms with Gasteiger partial charge in [-0.15, -0.1) is 0 Å². The van der Waals surface area contributed by atoms with Crippen LogP contribution in [0, 0.1) is 5.82 Å². The van der Waals surface area contributed by atoms with Crippen LogP contribution in [0.25, 0.3) is 0 Å². The highest BCUT2D eigenvalue weighted by molar-refractivity contribution is 7.98. The van der Waals surface area contributed by atoms with Gasteiger partial charge in [0.2, 0.25) is 5.91 Å². The van der Waals surface area contributed by atoms with Crippen LogP contribution in [0.15, 0.2) is 24.3 Å². The highest BCUT2D eigenvalue weighted by Crippen LogP contribution is 2.14. The number of amides is 1. The summed E-state index contributed by atoms with van der Waals surface area (Å²) in [6.45, 7) is 2.26. The molecule has 1 aromatic rings. The van der Waals surface area contributed by atoms with E-state index in [1.54, 1.807) is 30.8 Å². The normalized spacial score (nSPS) is 12.2. The van der Waals surface area contributed by atoms with E-state index in [4.69, 9.17) is 4.74 Å². The number of hydrogen-bond acceptors (Lipinski definition) is 3. The highest BCUT2D eigenvalue weighted by atomic mass is 32.2. The van der Waals surface area contributed by atoms with Gasteiger partial charge >= 0.3 is 0 Å². The van der Waals surface area contributed by atoms with E-state index < -0.39 is 6.10 Å². The minimum absolute atomic E-state index is 0.121. The predicted molar refractivity (Wildman–Crippen MR) is 72.0 cm³/mol. The smallest absolute Gasteiger partial charge is 0.248 e. The molecule has 0 radical (unpaired) electrons. The number of nitrogens with one attached hydrogen (secondary N) is 1. The molecule has 0 fully saturated rings. The number of hydrogen-bond donors (Lipinski definition) is 1. The molecular formula is C13H18FNO2S. The lowest BCUT2D eigenvalue weighted by molar-refractivity contribution is -0.129. The van der Waals surface area contributed by atoms with Crippen molar-refractivity contribution in [2.24, 2.45) is 0 Å². The van der Waals surface area contributed by atoms with Crippen molar-refractivity contribution in [3.05, 3.63) is 35.6 Å². The van der Waals surface area contributed by atoms with E-state index >= 15 is 0 Å². The van der Waals surface area contributed by atoms with Crippen LogP contribution in [0.3, 0.4) is 0 Å². The molecule has 0 unspecified atom stereocenters. The van der Waals surface area contributed by atoms with Crippen LogP contribution in [0.5, 0.6) is 0 Å². The maximum atomic E-state index is 13.3. The van der Waals surface area contributed by atoms with Crippen molar-refractivity contribution in [1.29, 1.82) is 0 Å². The Morgan fingerprint density at radius 1 is 1.50 bits per heavy atom. The summed E-state index contributed by atoms with van der Waals surface area (Å²) in [7, 11) is 1.50. The molecule has 0 aromatic heterocycles. The Balaban J connectivity index is 2.16. The highest BCUT2D eigenvalue weighted by Gasteiger charge is 2.09. The fourth-order valence-corrected chi connectivity index (χ4v) is 2.14. The van der Waals surface area contributed by atoms with E-state index in [0.717, 1.165) is 5.75 Å². The van der Waals surface area contributed by atoms with Gasteiger partial charge in [-0.05, 0) is 18.6 Å². The van der Waals surface area contributed by atoms with E-state index in [9.17, 15) is 9.18 Å². The Labute approximate surface area is 111 Å². The van der Waals surface area contributed by atoms with Gasteiger partial charge < -0.3 is 10.1 Å². The van der Waals surface area contributed by atoms with Crippen molar-refractivity contribution < 1.29 is 13.9 Å². The van der Waals surface area contributed by atoms with Crippen LogP contribution in [0.2, 0.25) is 0 Å². The van der Waals surface area contributed by atoms with Crippen LogP contribution in [-0.2, 0) is 15.3 Å². The number of thioether (sulfide) groups is 1. The number of rotatable bonds is 7. The zero-order chi connectivity index (χ0) is 13.4. The monoisotopic (exact) mass is 271 g/mol. The summed E-state index contributed by atoms with van der Waals surface area (Å²) < 4.78 is 18.2. The molecule has 0 aliphatic carbocycles. The molecule has 0 aliphatic rings. The third kappa shape index (κ3) is 5.06. The SMILES string of the molecule is CO[C@@H](C)C(=O)NCCSCc1ccccc1F. The van der Waals surface area contributed by atoms with Crippen LogP contribution < -0.4 is 5.32 Å². The van der Waals surface area contributed by atoms with E-state index in [2.05, 4.69) is 5.32 Å². The molecule has 3 nitrogen and oxygen atoms in total. The molecule has 0 saturated carbocycles. The van der Waals surface area contributed by atoms with Gasteiger partial charge in [0.15, 0.2) is 0 Å². The average Bonchev–Trinajstić information content (AvgIpc) is 2.39. The summed E-state index contributed by atoms with van der Waals surface area (Å²) >= 11 is 1.59. The summed E-state index contributed by atoms with van der Waals surface area (Å²) in [4.78, 5) is 11.4. The second-order valence-corrected chi connectivity index (χ2v) is 4.92. The van der Waals surface area contributed by atoms with Gasteiger partial charge in [-0.3, -0.25) is 4.79 Å². The number of halogens is 1. The summed E-state index contributed by atoms with van der Waals surface area (Å²) in [6.07, 6.45) is -0.429. The molecule has 1 rings (SSSR count). The van der Waals surface area contributed by atoms with Crippen LogP contribution in [0.1, 0.15) is 12.5 Å². The summed E-state index contributed by atoms with van der Waals surface area (Å²) in [5.41, 5.74) is 0.694. The Bertz CT molecular complexity index is 387. The molecule has 1 N–H and O–H groups in total. The standard InChI is InChI=1S/C13H18FNO2S/c1-10(17-2)13(16)15-7-8-18-9-11-5-3-4-6-12(11)14/h3-6,10H,7-9H2,1-2H3,(H,15,16)/t10-/m0/s1. The van der Waals surface area contributed by atoms with Crippen LogP contribution in [0.4, 0.5) is 4.39 Å². The second kappa shape index (κ2) is 8.11. The summed E-state index contributed by atoms with van der Waals surface area (Å²) in [6, 6.07) is 6.72. The first kappa shape index (κ1) is 15.0.